The van der Waals surface area contributed by atoms with Crippen LogP contribution in [0.25, 0.3) is 0 Å². The number of nitrogens with one attached hydrogen (secondary N) is 2. The van der Waals surface area contributed by atoms with Crippen molar-refractivity contribution in [3.05, 3.63) is 52.1 Å². The fourth-order valence-corrected chi connectivity index (χ4v) is 2.17. The summed E-state index contributed by atoms with van der Waals surface area (Å²) in [6.45, 7) is 2.56. The maximum absolute atomic E-state index is 11.9. The fraction of sp³-hybridized carbons (Fsp3) is 0.133. The van der Waals surface area contributed by atoms with E-state index < -0.39 is 0 Å². The van der Waals surface area contributed by atoms with Crippen LogP contribution >= 0.6 is 22.6 Å². The summed E-state index contributed by atoms with van der Waals surface area (Å²) in [4.78, 5) is 11.9. The molecule has 0 bridgehead atoms. The molecular weight excluding hydrogens is 367 g/mol. The Kier molecular flexibility index (Phi) is 5.23. The number of anilines is 2. The number of rotatable bonds is 4. The van der Waals surface area contributed by atoms with Crippen molar-refractivity contribution in [2.45, 2.75) is 6.92 Å². The molecule has 2 amide bonds. The maximum atomic E-state index is 11.9. The SMILES string of the molecule is CCOc1ccc(NC(=O)Nc2ccccc2I)cc1. The van der Waals surface area contributed by atoms with Crippen LogP contribution in [0.5, 0.6) is 5.75 Å². The molecule has 0 fully saturated rings. The van der Waals surface area contributed by atoms with Crippen LogP contribution in [-0.2, 0) is 0 Å². The quantitative estimate of drug-likeness (QED) is 0.774. The molecule has 0 heterocycles. The van der Waals surface area contributed by atoms with Crippen LogP contribution < -0.4 is 15.4 Å². The Hall–Kier alpha value is -1.76. The first kappa shape index (κ1) is 14.6. The zero-order chi connectivity index (χ0) is 14.4. The molecule has 2 N–H and O–H groups in total. The second-order valence-corrected chi connectivity index (χ2v) is 5.18. The predicted molar refractivity (Wildman–Crippen MR) is 89.4 cm³/mol. The van der Waals surface area contributed by atoms with E-state index in [1.807, 2.05) is 43.3 Å². The average Bonchev–Trinajstić information content (AvgIpc) is 2.44. The van der Waals surface area contributed by atoms with Gasteiger partial charge in [0.1, 0.15) is 5.75 Å². The van der Waals surface area contributed by atoms with Crippen molar-refractivity contribution in [1.29, 1.82) is 0 Å². The third kappa shape index (κ3) is 4.12. The Morgan fingerprint density at radius 2 is 1.80 bits per heavy atom. The lowest BCUT2D eigenvalue weighted by molar-refractivity contribution is 0.262. The molecule has 2 rings (SSSR count). The zero-order valence-corrected chi connectivity index (χ0v) is 13.2. The number of hydrogen-bond acceptors (Lipinski definition) is 2. The van der Waals surface area contributed by atoms with Gasteiger partial charge in [-0.05, 0) is 65.9 Å². The van der Waals surface area contributed by atoms with Crippen LogP contribution in [0.1, 0.15) is 6.92 Å². The molecule has 0 saturated heterocycles. The van der Waals surface area contributed by atoms with E-state index in [4.69, 9.17) is 4.74 Å². The summed E-state index contributed by atoms with van der Waals surface area (Å²) in [7, 11) is 0. The first-order chi connectivity index (χ1) is 9.69. The van der Waals surface area contributed by atoms with Gasteiger partial charge in [0.2, 0.25) is 0 Å². The molecule has 0 aliphatic rings. The highest BCUT2D eigenvalue weighted by Gasteiger charge is 2.05. The Morgan fingerprint density at radius 1 is 1.10 bits per heavy atom. The molecule has 0 atom stereocenters. The van der Waals surface area contributed by atoms with E-state index >= 15 is 0 Å². The minimum atomic E-state index is -0.265. The fourth-order valence-electron chi connectivity index (χ4n) is 1.65. The van der Waals surface area contributed by atoms with E-state index in [1.165, 1.54) is 0 Å². The van der Waals surface area contributed by atoms with Crippen LogP contribution in [0.2, 0.25) is 0 Å². The molecular formula is C15H15IN2O2. The van der Waals surface area contributed by atoms with Gasteiger partial charge in [-0.1, -0.05) is 12.1 Å². The van der Waals surface area contributed by atoms with Crippen LogP contribution in [0.3, 0.4) is 0 Å². The monoisotopic (exact) mass is 382 g/mol. The lowest BCUT2D eigenvalue weighted by Crippen LogP contribution is -2.19. The van der Waals surface area contributed by atoms with Crippen molar-refractivity contribution in [2.24, 2.45) is 0 Å². The van der Waals surface area contributed by atoms with Gasteiger partial charge in [0.05, 0.1) is 12.3 Å². The van der Waals surface area contributed by atoms with Gasteiger partial charge in [0.15, 0.2) is 0 Å². The van der Waals surface area contributed by atoms with Crippen molar-refractivity contribution < 1.29 is 9.53 Å². The third-order valence-corrected chi connectivity index (χ3v) is 3.49. The van der Waals surface area contributed by atoms with Gasteiger partial charge in [-0.3, -0.25) is 0 Å². The summed E-state index contributed by atoms with van der Waals surface area (Å²) >= 11 is 2.18. The largest absolute Gasteiger partial charge is 0.494 e. The third-order valence-electron chi connectivity index (χ3n) is 2.55. The normalized spacial score (nSPS) is 9.90. The van der Waals surface area contributed by atoms with Gasteiger partial charge in [0, 0.05) is 9.26 Å². The highest BCUT2D eigenvalue weighted by Crippen LogP contribution is 2.18. The van der Waals surface area contributed by atoms with Crippen LogP contribution in [0.4, 0.5) is 16.2 Å². The number of para-hydroxylation sites is 1. The highest BCUT2D eigenvalue weighted by molar-refractivity contribution is 14.1. The molecule has 4 nitrogen and oxygen atoms in total. The van der Waals surface area contributed by atoms with Crippen molar-refractivity contribution in [1.82, 2.24) is 0 Å². The second-order valence-electron chi connectivity index (χ2n) is 4.02. The maximum Gasteiger partial charge on any atom is 0.323 e. The second kappa shape index (κ2) is 7.14. The molecule has 104 valence electrons. The van der Waals surface area contributed by atoms with Crippen LogP contribution in [-0.4, -0.2) is 12.6 Å². The van der Waals surface area contributed by atoms with E-state index in [2.05, 4.69) is 33.2 Å². The zero-order valence-electron chi connectivity index (χ0n) is 11.0. The van der Waals surface area contributed by atoms with Gasteiger partial charge in [0.25, 0.3) is 0 Å². The van der Waals surface area contributed by atoms with Gasteiger partial charge in [-0.2, -0.15) is 0 Å². The number of hydrogen-bond donors (Lipinski definition) is 2. The number of halogens is 1. The lowest BCUT2D eigenvalue weighted by atomic mass is 10.3. The Morgan fingerprint density at radius 3 is 2.45 bits per heavy atom. The Balaban J connectivity index is 1.96. The van der Waals surface area contributed by atoms with E-state index in [0.29, 0.717) is 6.61 Å². The minimum absolute atomic E-state index is 0.265. The lowest BCUT2D eigenvalue weighted by Gasteiger charge is -2.09. The summed E-state index contributed by atoms with van der Waals surface area (Å²) in [5, 5.41) is 5.59. The van der Waals surface area contributed by atoms with Crippen LogP contribution in [0.15, 0.2) is 48.5 Å². The van der Waals surface area contributed by atoms with Gasteiger partial charge in [-0.15, -0.1) is 0 Å². The molecule has 2 aromatic rings. The number of carbonyl (C=O) groups excluding carboxylic acids is 1. The molecule has 5 heteroatoms. The molecule has 0 saturated carbocycles. The topological polar surface area (TPSA) is 50.4 Å². The molecule has 0 spiro atoms. The molecule has 0 aliphatic carbocycles. The molecule has 0 unspecified atom stereocenters. The average molecular weight is 382 g/mol. The first-order valence-electron chi connectivity index (χ1n) is 6.24. The predicted octanol–water partition coefficient (Wildman–Crippen LogP) is 4.33. The standard InChI is InChI=1S/C15H15IN2O2/c1-2-20-12-9-7-11(8-10-12)17-15(19)18-14-6-4-3-5-13(14)16/h3-10H,2H2,1H3,(H2,17,18,19). The minimum Gasteiger partial charge on any atom is -0.494 e. The van der Waals surface area contributed by atoms with E-state index in [0.717, 1.165) is 20.7 Å². The summed E-state index contributed by atoms with van der Waals surface area (Å²) in [5.41, 5.74) is 1.51. The Labute approximate surface area is 131 Å². The Bertz CT molecular complexity index is 585. The number of urea groups is 1. The van der Waals surface area contributed by atoms with Crippen molar-refractivity contribution in [2.75, 3.05) is 17.2 Å². The van der Waals surface area contributed by atoms with E-state index in [9.17, 15) is 4.79 Å². The first-order valence-corrected chi connectivity index (χ1v) is 7.32. The number of amides is 2. The van der Waals surface area contributed by atoms with Crippen molar-refractivity contribution in [3.63, 3.8) is 0 Å². The smallest absolute Gasteiger partial charge is 0.323 e. The summed E-state index contributed by atoms with van der Waals surface area (Å²) in [6.07, 6.45) is 0. The number of benzene rings is 2. The van der Waals surface area contributed by atoms with Crippen LogP contribution in [0, 0.1) is 3.57 Å². The summed E-state index contributed by atoms with van der Waals surface area (Å²) < 4.78 is 6.34. The molecule has 0 radical (unpaired) electrons. The molecule has 2 aromatic carbocycles. The molecule has 20 heavy (non-hydrogen) atoms. The summed E-state index contributed by atoms with van der Waals surface area (Å²) in [5.74, 6) is 0.788. The van der Waals surface area contributed by atoms with Crippen molar-refractivity contribution >= 4 is 40.0 Å². The summed E-state index contributed by atoms with van der Waals surface area (Å²) in [6, 6.07) is 14.6. The van der Waals surface area contributed by atoms with Gasteiger partial charge in [-0.25, -0.2) is 4.79 Å². The van der Waals surface area contributed by atoms with E-state index in [1.54, 1.807) is 12.1 Å². The molecule has 0 aromatic heterocycles. The highest BCUT2D eigenvalue weighted by atomic mass is 127. The van der Waals surface area contributed by atoms with Crippen molar-refractivity contribution in [3.8, 4) is 5.75 Å². The van der Waals surface area contributed by atoms with Gasteiger partial charge < -0.3 is 15.4 Å². The number of carbonyl (C=O) groups is 1. The van der Waals surface area contributed by atoms with Gasteiger partial charge >= 0.3 is 6.03 Å². The molecule has 0 aliphatic heterocycles. The number of ether oxygens (including phenoxy) is 1. The van der Waals surface area contributed by atoms with E-state index in [-0.39, 0.29) is 6.03 Å².